The number of aryl methyl sites for hydroxylation is 2. The van der Waals surface area contributed by atoms with Crippen molar-refractivity contribution < 1.29 is 9.50 Å². The number of benzene rings is 1. The van der Waals surface area contributed by atoms with Crippen LogP contribution in [-0.4, -0.2) is 20.1 Å². The van der Waals surface area contributed by atoms with Crippen LogP contribution in [-0.2, 0) is 6.54 Å². The van der Waals surface area contributed by atoms with Crippen LogP contribution in [0.3, 0.4) is 0 Å². The van der Waals surface area contributed by atoms with Crippen molar-refractivity contribution in [1.82, 2.24) is 15.0 Å². The SMILES string of the molecule is CCn1nncc1C(O)c1cc(C)ccc1F. The predicted molar refractivity (Wildman–Crippen MR) is 60.9 cm³/mol. The maximum atomic E-state index is 13.6. The Morgan fingerprint density at radius 2 is 2.24 bits per heavy atom. The summed E-state index contributed by atoms with van der Waals surface area (Å²) >= 11 is 0. The molecule has 2 aromatic rings. The van der Waals surface area contributed by atoms with Crippen molar-refractivity contribution in [2.24, 2.45) is 0 Å². The molecule has 1 aromatic carbocycles. The highest BCUT2D eigenvalue weighted by Crippen LogP contribution is 2.24. The zero-order chi connectivity index (χ0) is 12.4. The van der Waals surface area contributed by atoms with Gasteiger partial charge in [0.1, 0.15) is 11.9 Å². The van der Waals surface area contributed by atoms with E-state index in [9.17, 15) is 9.50 Å². The lowest BCUT2D eigenvalue weighted by Crippen LogP contribution is -2.10. The summed E-state index contributed by atoms with van der Waals surface area (Å²) in [6.07, 6.45) is 0.417. The van der Waals surface area contributed by atoms with Crippen molar-refractivity contribution >= 4 is 0 Å². The second-order valence-corrected chi connectivity index (χ2v) is 3.90. The van der Waals surface area contributed by atoms with Gasteiger partial charge in [-0.05, 0) is 19.9 Å². The Morgan fingerprint density at radius 3 is 2.94 bits per heavy atom. The molecule has 0 aliphatic heterocycles. The molecule has 0 aliphatic carbocycles. The van der Waals surface area contributed by atoms with Crippen molar-refractivity contribution in [2.45, 2.75) is 26.5 Å². The summed E-state index contributed by atoms with van der Waals surface area (Å²) in [5, 5.41) is 17.7. The quantitative estimate of drug-likeness (QED) is 0.883. The smallest absolute Gasteiger partial charge is 0.129 e. The summed E-state index contributed by atoms with van der Waals surface area (Å²) in [5.74, 6) is -0.424. The molecule has 1 atom stereocenters. The molecular formula is C12H14FN3O. The maximum absolute atomic E-state index is 13.6. The Labute approximate surface area is 98.7 Å². The fourth-order valence-electron chi connectivity index (χ4n) is 1.76. The van der Waals surface area contributed by atoms with Crippen molar-refractivity contribution in [3.8, 4) is 0 Å². The van der Waals surface area contributed by atoms with E-state index in [4.69, 9.17) is 0 Å². The molecular weight excluding hydrogens is 221 g/mol. The molecule has 17 heavy (non-hydrogen) atoms. The average Bonchev–Trinajstić information content (AvgIpc) is 2.79. The zero-order valence-corrected chi connectivity index (χ0v) is 9.76. The van der Waals surface area contributed by atoms with E-state index < -0.39 is 11.9 Å². The molecule has 1 unspecified atom stereocenters. The lowest BCUT2D eigenvalue weighted by molar-refractivity contribution is 0.203. The van der Waals surface area contributed by atoms with Crippen LogP contribution in [0, 0.1) is 12.7 Å². The van der Waals surface area contributed by atoms with Gasteiger partial charge in [0.2, 0.25) is 0 Å². The molecule has 0 amide bonds. The Balaban J connectivity index is 2.43. The van der Waals surface area contributed by atoms with E-state index in [1.165, 1.54) is 12.3 Å². The van der Waals surface area contributed by atoms with Gasteiger partial charge in [-0.25, -0.2) is 9.07 Å². The average molecular weight is 235 g/mol. The summed E-state index contributed by atoms with van der Waals surface area (Å²) in [4.78, 5) is 0. The molecule has 5 heteroatoms. The molecule has 4 nitrogen and oxygen atoms in total. The lowest BCUT2D eigenvalue weighted by atomic mass is 10.0. The van der Waals surface area contributed by atoms with Crippen LogP contribution in [0.5, 0.6) is 0 Å². The minimum absolute atomic E-state index is 0.252. The van der Waals surface area contributed by atoms with Crippen LogP contribution >= 0.6 is 0 Å². The number of rotatable bonds is 3. The number of nitrogens with zero attached hydrogens (tertiary/aromatic N) is 3. The van der Waals surface area contributed by atoms with E-state index in [-0.39, 0.29) is 5.56 Å². The first kappa shape index (κ1) is 11.7. The van der Waals surface area contributed by atoms with Gasteiger partial charge in [-0.1, -0.05) is 22.9 Å². The van der Waals surface area contributed by atoms with Crippen LogP contribution in [0.25, 0.3) is 0 Å². The van der Waals surface area contributed by atoms with E-state index in [0.29, 0.717) is 12.2 Å². The molecule has 0 radical (unpaired) electrons. The van der Waals surface area contributed by atoms with Gasteiger partial charge in [-0.3, -0.25) is 0 Å². The zero-order valence-electron chi connectivity index (χ0n) is 9.76. The minimum Gasteiger partial charge on any atom is -0.382 e. The first-order valence-corrected chi connectivity index (χ1v) is 5.46. The van der Waals surface area contributed by atoms with Crippen molar-refractivity contribution in [3.63, 3.8) is 0 Å². The second-order valence-electron chi connectivity index (χ2n) is 3.90. The first-order valence-electron chi connectivity index (χ1n) is 5.46. The Bertz CT molecular complexity index is 524. The van der Waals surface area contributed by atoms with Crippen LogP contribution < -0.4 is 0 Å². The second kappa shape index (κ2) is 4.63. The van der Waals surface area contributed by atoms with E-state index >= 15 is 0 Å². The number of halogens is 1. The van der Waals surface area contributed by atoms with E-state index in [1.54, 1.807) is 16.8 Å². The van der Waals surface area contributed by atoms with Gasteiger partial charge in [-0.2, -0.15) is 0 Å². The molecule has 90 valence electrons. The molecule has 0 saturated heterocycles. The topological polar surface area (TPSA) is 50.9 Å². The normalized spacial score (nSPS) is 12.7. The highest BCUT2D eigenvalue weighted by molar-refractivity contribution is 5.30. The molecule has 2 rings (SSSR count). The summed E-state index contributed by atoms with van der Waals surface area (Å²) in [6.45, 7) is 4.32. The van der Waals surface area contributed by atoms with Crippen LogP contribution in [0.4, 0.5) is 4.39 Å². The highest BCUT2D eigenvalue weighted by atomic mass is 19.1. The molecule has 1 heterocycles. The van der Waals surface area contributed by atoms with Gasteiger partial charge in [0.15, 0.2) is 0 Å². The first-order chi connectivity index (χ1) is 8.13. The standard InChI is InChI=1S/C12H14FN3O/c1-3-16-11(7-14-15-16)12(17)9-6-8(2)4-5-10(9)13/h4-7,12,17H,3H2,1-2H3. The summed E-state index contributed by atoms with van der Waals surface area (Å²) in [7, 11) is 0. The summed E-state index contributed by atoms with van der Waals surface area (Å²) in [6, 6.07) is 4.65. The Hall–Kier alpha value is -1.75. The van der Waals surface area contributed by atoms with Gasteiger partial charge in [-0.15, -0.1) is 5.10 Å². The number of hydrogen-bond donors (Lipinski definition) is 1. The summed E-state index contributed by atoms with van der Waals surface area (Å²) < 4.78 is 15.2. The predicted octanol–water partition coefficient (Wildman–Crippen LogP) is 1.83. The van der Waals surface area contributed by atoms with E-state index in [1.807, 2.05) is 13.8 Å². The molecule has 0 aliphatic rings. The Morgan fingerprint density at radius 1 is 1.47 bits per heavy atom. The monoisotopic (exact) mass is 235 g/mol. The van der Waals surface area contributed by atoms with Crippen LogP contribution in [0.1, 0.15) is 29.8 Å². The van der Waals surface area contributed by atoms with Gasteiger partial charge in [0.25, 0.3) is 0 Å². The number of aliphatic hydroxyl groups is 1. The van der Waals surface area contributed by atoms with E-state index in [0.717, 1.165) is 5.56 Å². The molecule has 1 aromatic heterocycles. The third kappa shape index (κ3) is 2.19. The fourth-order valence-corrected chi connectivity index (χ4v) is 1.76. The summed E-state index contributed by atoms with van der Waals surface area (Å²) in [5.41, 5.74) is 1.65. The van der Waals surface area contributed by atoms with Gasteiger partial charge < -0.3 is 5.11 Å². The lowest BCUT2D eigenvalue weighted by Gasteiger charge is -2.13. The van der Waals surface area contributed by atoms with Gasteiger partial charge >= 0.3 is 0 Å². The van der Waals surface area contributed by atoms with Crippen LogP contribution in [0.2, 0.25) is 0 Å². The maximum Gasteiger partial charge on any atom is 0.129 e. The largest absolute Gasteiger partial charge is 0.382 e. The number of hydrogen-bond acceptors (Lipinski definition) is 3. The molecule has 0 bridgehead atoms. The third-order valence-corrected chi connectivity index (χ3v) is 2.67. The van der Waals surface area contributed by atoms with Crippen molar-refractivity contribution in [2.75, 3.05) is 0 Å². The third-order valence-electron chi connectivity index (χ3n) is 2.67. The van der Waals surface area contributed by atoms with Gasteiger partial charge in [0, 0.05) is 12.1 Å². The molecule has 0 spiro atoms. The van der Waals surface area contributed by atoms with Gasteiger partial charge in [0.05, 0.1) is 11.9 Å². The van der Waals surface area contributed by atoms with Crippen molar-refractivity contribution in [1.29, 1.82) is 0 Å². The molecule has 0 saturated carbocycles. The highest BCUT2D eigenvalue weighted by Gasteiger charge is 2.19. The van der Waals surface area contributed by atoms with Crippen LogP contribution in [0.15, 0.2) is 24.4 Å². The Kier molecular flexibility index (Phi) is 3.19. The minimum atomic E-state index is -1.04. The number of aromatic nitrogens is 3. The molecule has 0 fully saturated rings. The molecule has 1 N–H and O–H groups in total. The van der Waals surface area contributed by atoms with E-state index in [2.05, 4.69) is 10.3 Å². The fraction of sp³-hybridized carbons (Fsp3) is 0.333. The van der Waals surface area contributed by atoms with Crippen molar-refractivity contribution in [3.05, 3.63) is 47.0 Å². The number of aliphatic hydroxyl groups excluding tert-OH is 1.